The van der Waals surface area contributed by atoms with Crippen LogP contribution in [0.5, 0.6) is 5.75 Å². The van der Waals surface area contributed by atoms with Crippen LogP contribution in [0.2, 0.25) is 0 Å². The van der Waals surface area contributed by atoms with Crippen molar-refractivity contribution in [2.75, 3.05) is 13.7 Å². The van der Waals surface area contributed by atoms with Gasteiger partial charge >= 0.3 is 5.97 Å². The second-order valence-electron chi connectivity index (χ2n) is 6.81. The largest absolute Gasteiger partial charge is 0.497 e. The first-order valence-corrected chi connectivity index (χ1v) is 9.62. The number of furan rings is 1. The summed E-state index contributed by atoms with van der Waals surface area (Å²) >= 11 is 0. The number of carbonyl (C=O) groups excluding carboxylic acids is 2. The number of ether oxygens (including phenoxy) is 2. The van der Waals surface area contributed by atoms with Gasteiger partial charge in [-0.25, -0.2) is 4.79 Å². The molecule has 6 heteroatoms. The van der Waals surface area contributed by atoms with Crippen molar-refractivity contribution in [2.45, 2.75) is 32.7 Å². The SMILES string of the molecule is CCC[C@H](NC(=O)COC(=O)c1oc2ccc(OC)cc2c1C)c1ccccc1. The maximum Gasteiger partial charge on any atom is 0.375 e. The Kier molecular flexibility index (Phi) is 6.54. The van der Waals surface area contributed by atoms with Crippen LogP contribution < -0.4 is 10.1 Å². The third-order valence-corrected chi connectivity index (χ3v) is 4.78. The number of amides is 1. The maximum atomic E-state index is 12.4. The molecule has 0 aliphatic carbocycles. The zero-order valence-electron chi connectivity index (χ0n) is 16.9. The van der Waals surface area contributed by atoms with Crippen LogP contribution in [0.3, 0.4) is 0 Å². The van der Waals surface area contributed by atoms with Crippen LogP contribution in [0, 0.1) is 6.92 Å². The van der Waals surface area contributed by atoms with Crippen LogP contribution in [0.4, 0.5) is 0 Å². The highest BCUT2D eigenvalue weighted by Gasteiger charge is 2.21. The summed E-state index contributed by atoms with van der Waals surface area (Å²) in [5, 5.41) is 3.71. The summed E-state index contributed by atoms with van der Waals surface area (Å²) in [6.45, 7) is 3.46. The molecule has 0 radical (unpaired) electrons. The molecule has 0 spiro atoms. The Labute approximate surface area is 169 Å². The number of hydrogen-bond donors (Lipinski definition) is 1. The van der Waals surface area contributed by atoms with E-state index in [0.717, 1.165) is 23.8 Å². The fourth-order valence-corrected chi connectivity index (χ4v) is 3.25. The van der Waals surface area contributed by atoms with Crippen LogP contribution in [-0.2, 0) is 9.53 Å². The average molecular weight is 395 g/mol. The Bertz CT molecular complexity index is 993. The Morgan fingerprint density at radius 2 is 1.90 bits per heavy atom. The topological polar surface area (TPSA) is 77.8 Å². The number of carbonyl (C=O) groups is 2. The first-order valence-electron chi connectivity index (χ1n) is 9.62. The molecule has 29 heavy (non-hydrogen) atoms. The van der Waals surface area contributed by atoms with Crippen molar-refractivity contribution in [3.8, 4) is 5.75 Å². The van der Waals surface area contributed by atoms with Crippen LogP contribution in [0.1, 0.15) is 47.5 Å². The van der Waals surface area contributed by atoms with Gasteiger partial charge < -0.3 is 19.2 Å². The predicted octanol–water partition coefficient (Wildman–Crippen LogP) is 4.56. The zero-order chi connectivity index (χ0) is 20.8. The van der Waals surface area contributed by atoms with E-state index >= 15 is 0 Å². The number of methoxy groups -OCH3 is 1. The summed E-state index contributed by atoms with van der Waals surface area (Å²) in [6.07, 6.45) is 1.72. The van der Waals surface area contributed by atoms with Crippen LogP contribution in [-0.4, -0.2) is 25.6 Å². The molecule has 1 atom stereocenters. The van der Waals surface area contributed by atoms with Crippen LogP contribution in [0.25, 0.3) is 11.0 Å². The number of esters is 1. The monoisotopic (exact) mass is 395 g/mol. The fourth-order valence-electron chi connectivity index (χ4n) is 3.25. The lowest BCUT2D eigenvalue weighted by Gasteiger charge is -2.18. The van der Waals surface area contributed by atoms with E-state index in [4.69, 9.17) is 13.9 Å². The number of fused-ring (bicyclic) bond motifs is 1. The quantitative estimate of drug-likeness (QED) is 0.566. The highest BCUT2D eigenvalue weighted by atomic mass is 16.5. The Morgan fingerprint density at radius 1 is 1.14 bits per heavy atom. The van der Waals surface area contributed by atoms with Crippen molar-refractivity contribution in [2.24, 2.45) is 0 Å². The van der Waals surface area contributed by atoms with Crippen LogP contribution in [0.15, 0.2) is 52.9 Å². The standard InChI is InChI=1S/C23H25NO5/c1-4-8-19(16-9-6-5-7-10-16)24-21(25)14-28-23(26)22-15(2)18-13-17(27-3)11-12-20(18)29-22/h5-7,9-13,19H,4,8,14H2,1-3H3,(H,24,25)/t19-/m0/s1. The molecule has 0 unspecified atom stereocenters. The van der Waals surface area contributed by atoms with E-state index in [1.165, 1.54) is 0 Å². The number of nitrogens with one attached hydrogen (secondary N) is 1. The molecule has 152 valence electrons. The van der Waals surface area contributed by atoms with Gasteiger partial charge in [-0.15, -0.1) is 0 Å². The van der Waals surface area contributed by atoms with E-state index < -0.39 is 5.97 Å². The Balaban J connectivity index is 1.64. The fraction of sp³-hybridized carbons (Fsp3) is 0.304. The number of rotatable bonds is 8. The molecule has 1 N–H and O–H groups in total. The summed E-state index contributed by atoms with van der Waals surface area (Å²) < 4.78 is 16.0. The molecule has 1 amide bonds. The first-order chi connectivity index (χ1) is 14.0. The molecule has 0 saturated heterocycles. The minimum Gasteiger partial charge on any atom is -0.497 e. The van der Waals surface area contributed by atoms with Crippen molar-refractivity contribution >= 4 is 22.8 Å². The average Bonchev–Trinajstić information content (AvgIpc) is 3.08. The van der Waals surface area contributed by atoms with Crippen molar-refractivity contribution in [1.29, 1.82) is 0 Å². The maximum absolute atomic E-state index is 12.4. The van der Waals surface area contributed by atoms with E-state index in [2.05, 4.69) is 12.2 Å². The number of aryl methyl sites for hydroxylation is 1. The summed E-state index contributed by atoms with van der Waals surface area (Å²) in [5.41, 5.74) is 2.24. The molecule has 6 nitrogen and oxygen atoms in total. The molecular formula is C23H25NO5. The van der Waals surface area contributed by atoms with E-state index in [9.17, 15) is 9.59 Å². The highest BCUT2D eigenvalue weighted by Crippen LogP contribution is 2.29. The molecule has 3 aromatic rings. The van der Waals surface area contributed by atoms with Gasteiger partial charge in [-0.2, -0.15) is 0 Å². The van der Waals surface area contributed by atoms with Gasteiger partial charge in [-0.05, 0) is 37.1 Å². The van der Waals surface area contributed by atoms with Gasteiger partial charge in [0.25, 0.3) is 5.91 Å². The summed E-state index contributed by atoms with van der Waals surface area (Å²) in [4.78, 5) is 24.8. The van der Waals surface area contributed by atoms with Gasteiger partial charge in [-0.3, -0.25) is 4.79 Å². The minimum absolute atomic E-state index is 0.0919. The van der Waals surface area contributed by atoms with Gasteiger partial charge in [-0.1, -0.05) is 43.7 Å². The van der Waals surface area contributed by atoms with Crippen molar-refractivity contribution in [3.05, 3.63) is 65.4 Å². The minimum atomic E-state index is -0.667. The van der Waals surface area contributed by atoms with Crippen LogP contribution >= 0.6 is 0 Å². The molecular weight excluding hydrogens is 370 g/mol. The summed E-state index contributed by atoms with van der Waals surface area (Å²) in [7, 11) is 1.58. The van der Waals surface area contributed by atoms with E-state index in [1.54, 1.807) is 32.2 Å². The molecule has 0 fully saturated rings. The second-order valence-corrected chi connectivity index (χ2v) is 6.81. The highest BCUT2D eigenvalue weighted by molar-refractivity contribution is 5.97. The molecule has 0 aliphatic heterocycles. The lowest BCUT2D eigenvalue weighted by Crippen LogP contribution is -2.32. The normalized spacial score (nSPS) is 11.8. The summed E-state index contributed by atoms with van der Waals surface area (Å²) in [5.74, 6) is -0.256. The molecule has 0 aliphatic rings. The summed E-state index contributed by atoms with van der Waals surface area (Å²) in [6, 6.07) is 14.9. The number of benzene rings is 2. The molecule has 3 rings (SSSR count). The van der Waals surface area contributed by atoms with Crippen molar-refractivity contribution in [1.82, 2.24) is 5.32 Å². The van der Waals surface area contributed by atoms with Crippen molar-refractivity contribution < 1.29 is 23.5 Å². The molecule has 0 bridgehead atoms. The third kappa shape index (κ3) is 4.77. The lowest BCUT2D eigenvalue weighted by molar-refractivity contribution is -0.125. The van der Waals surface area contributed by atoms with Gasteiger partial charge in [0.05, 0.1) is 13.2 Å². The molecule has 1 heterocycles. The molecule has 1 aromatic heterocycles. The molecule has 2 aromatic carbocycles. The number of hydrogen-bond acceptors (Lipinski definition) is 5. The van der Waals surface area contributed by atoms with Gasteiger partial charge in [0.2, 0.25) is 5.76 Å². The van der Waals surface area contributed by atoms with E-state index in [1.807, 2.05) is 30.3 Å². The first kappa shape index (κ1) is 20.5. The third-order valence-electron chi connectivity index (χ3n) is 4.78. The predicted molar refractivity (Wildman–Crippen MR) is 110 cm³/mol. The lowest BCUT2D eigenvalue weighted by atomic mass is 10.0. The van der Waals surface area contributed by atoms with Gasteiger partial charge in [0, 0.05) is 10.9 Å². The van der Waals surface area contributed by atoms with E-state index in [-0.39, 0.29) is 24.3 Å². The van der Waals surface area contributed by atoms with Gasteiger partial charge in [0.15, 0.2) is 6.61 Å². The van der Waals surface area contributed by atoms with Gasteiger partial charge in [0.1, 0.15) is 11.3 Å². The zero-order valence-corrected chi connectivity index (χ0v) is 16.9. The van der Waals surface area contributed by atoms with E-state index in [0.29, 0.717) is 16.9 Å². The Hall–Kier alpha value is -3.28. The molecule has 0 saturated carbocycles. The Morgan fingerprint density at radius 3 is 2.59 bits per heavy atom. The van der Waals surface area contributed by atoms with Crippen molar-refractivity contribution in [3.63, 3.8) is 0 Å². The second kappa shape index (κ2) is 9.28. The smallest absolute Gasteiger partial charge is 0.375 e.